The Morgan fingerprint density at radius 1 is 1.38 bits per heavy atom. The van der Waals surface area contributed by atoms with Crippen LogP contribution in [0, 0.1) is 5.92 Å². The smallest absolute Gasteiger partial charge is 0.358 e. The number of anilines is 1. The van der Waals surface area contributed by atoms with E-state index in [0.717, 1.165) is 11.8 Å². The van der Waals surface area contributed by atoms with Crippen molar-refractivity contribution in [2.45, 2.75) is 19.4 Å². The molecule has 1 aromatic heterocycles. The first-order valence-electron chi connectivity index (χ1n) is 6.99. The van der Waals surface area contributed by atoms with Gasteiger partial charge in [-0.2, -0.15) is 0 Å². The zero-order valence-electron chi connectivity index (χ0n) is 11.7. The van der Waals surface area contributed by atoms with Crippen LogP contribution in [-0.2, 0) is 0 Å². The highest BCUT2D eigenvalue weighted by molar-refractivity contribution is 6.02. The van der Waals surface area contributed by atoms with Gasteiger partial charge in [0.15, 0.2) is 5.69 Å². The quantitative estimate of drug-likeness (QED) is 0.890. The Morgan fingerprint density at radius 2 is 2.14 bits per heavy atom. The summed E-state index contributed by atoms with van der Waals surface area (Å²) in [7, 11) is 0. The zero-order chi connectivity index (χ0) is 15.0. The fourth-order valence-corrected chi connectivity index (χ4v) is 2.89. The number of benzene rings is 1. The van der Waals surface area contributed by atoms with E-state index in [-0.39, 0.29) is 11.6 Å². The molecule has 2 heterocycles. The monoisotopic (exact) mass is 287 g/mol. The molecule has 110 valence electrons. The number of carboxylic acids is 1. The molecule has 2 atom stereocenters. The third kappa shape index (κ3) is 2.42. The number of aliphatic hydroxyl groups excluding tert-OH is 1. The van der Waals surface area contributed by atoms with Crippen LogP contribution >= 0.6 is 0 Å². The van der Waals surface area contributed by atoms with Crippen LogP contribution in [0.4, 0.5) is 5.69 Å². The van der Waals surface area contributed by atoms with E-state index in [0.29, 0.717) is 24.3 Å². The van der Waals surface area contributed by atoms with Crippen LogP contribution in [0.25, 0.3) is 10.9 Å². The van der Waals surface area contributed by atoms with Crippen molar-refractivity contribution in [1.82, 2.24) is 10.2 Å². The number of fused-ring (bicyclic) bond motifs is 1. The summed E-state index contributed by atoms with van der Waals surface area (Å²) in [6, 6.07) is 7.40. The average molecular weight is 287 g/mol. The third-order valence-electron chi connectivity index (χ3n) is 4.07. The number of hydrogen-bond acceptors (Lipinski definition) is 5. The molecule has 3 rings (SSSR count). The lowest BCUT2D eigenvalue weighted by Crippen LogP contribution is -2.26. The molecule has 1 fully saturated rings. The second kappa shape index (κ2) is 5.29. The van der Waals surface area contributed by atoms with Crippen molar-refractivity contribution < 1.29 is 15.0 Å². The van der Waals surface area contributed by atoms with Gasteiger partial charge >= 0.3 is 5.97 Å². The second-order valence-electron chi connectivity index (χ2n) is 5.45. The molecular weight excluding hydrogens is 270 g/mol. The van der Waals surface area contributed by atoms with E-state index in [1.165, 1.54) is 0 Å². The maximum absolute atomic E-state index is 11.5. The van der Waals surface area contributed by atoms with Crippen molar-refractivity contribution in [3.05, 3.63) is 30.0 Å². The van der Waals surface area contributed by atoms with E-state index in [2.05, 4.69) is 10.2 Å². The van der Waals surface area contributed by atoms with Crippen LogP contribution in [0.15, 0.2) is 24.3 Å². The summed E-state index contributed by atoms with van der Waals surface area (Å²) < 4.78 is 0. The second-order valence-corrected chi connectivity index (χ2v) is 5.45. The summed E-state index contributed by atoms with van der Waals surface area (Å²) in [6.45, 7) is 3.12. The first-order chi connectivity index (χ1) is 10.1. The van der Waals surface area contributed by atoms with Gasteiger partial charge in [-0.3, -0.25) is 0 Å². The summed E-state index contributed by atoms with van der Waals surface area (Å²) in [5, 5.41) is 27.8. The minimum absolute atomic E-state index is 0.0278. The minimum Gasteiger partial charge on any atom is -0.476 e. The van der Waals surface area contributed by atoms with Crippen molar-refractivity contribution in [2.24, 2.45) is 5.92 Å². The summed E-state index contributed by atoms with van der Waals surface area (Å²) in [5.41, 5.74) is 1.26. The molecule has 0 amide bonds. The van der Waals surface area contributed by atoms with Crippen molar-refractivity contribution >= 4 is 22.6 Å². The molecule has 0 spiro atoms. The van der Waals surface area contributed by atoms with Gasteiger partial charge in [0.2, 0.25) is 0 Å². The topological polar surface area (TPSA) is 86.5 Å². The summed E-state index contributed by atoms with van der Waals surface area (Å²) in [4.78, 5) is 13.5. The van der Waals surface area contributed by atoms with Gasteiger partial charge in [0.05, 0.1) is 17.3 Å². The highest BCUT2D eigenvalue weighted by Gasteiger charge is 2.30. The molecule has 1 aliphatic heterocycles. The van der Waals surface area contributed by atoms with Gasteiger partial charge in [0, 0.05) is 24.4 Å². The van der Waals surface area contributed by atoms with Crippen LogP contribution in [0.5, 0.6) is 0 Å². The lowest BCUT2D eigenvalue weighted by molar-refractivity contribution is 0.0690. The highest BCUT2D eigenvalue weighted by Crippen LogP contribution is 2.33. The predicted octanol–water partition coefficient (Wildman–Crippen LogP) is 1.54. The van der Waals surface area contributed by atoms with Gasteiger partial charge in [-0.1, -0.05) is 18.2 Å². The van der Waals surface area contributed by atoms with Crippen LogP contribution in [0.2, 0.25) is 0 Å². The summed E-state index contributed by atoms with van der Waals surface area (Å²) in [6.07, 6.45) is 0.442. The molecule has 2 N–H and O–H groups in total. The van der Waals surface area contributed by atoms with Crippen LogP contribution in [-0.4, -0.2) is 45.6 Å². The Labute approximate surface area is 122 Å². The fraction of sp³-hybridized carbons (Fsp3) is 0.400. The lowest BCUT2D eigenvalue weighted by atomic mass is 10.0. The lowest BCUT2D eigenvalue weighted by Gasteiger charge is -2.22. The molecule has 0 saturated carbocycles. The van der Waals surface area contributed by atoms with E-state index in [1.54, 1.807) is 6.92 Å². The van der Waals surface area contributed by atoms with Crippen molar-refractivity contribution in [1.29, 1.82) is 0 Å². The Hall–Kier alpha value is -2.21. The predicted molar refractivity (Wildman–Crippen MR) is 78.5 cm³/mol. The Kier molecular flexibility index (Phi) is 3.47. The molecule has 1 aromatic carbocycles. The minimum atomic E-state index is -1.08. The normalized spacial score (nSPS) is 19.9. The van der Waals surface area contributed by atoms with E-state index in [1.807, 2.05) is 29.2 Å². The number of aliphatic hydroxyl groups is 1. The van der Waals surface area contributed by atoms with Crippen LogP contribution in [0.3, 0.4) is 0 Å². The maximum atomic E-state index is 11.5. The number of rotatable bonds is 3. The molecule has 0 radical (unpaired) electrons. The number of hydrogen-bond donors (Lipinski definition) is 2. The first kappa shape index (κ1) is 13.8. The molecular formula is C15H17N3O3. The van der Waals surface area contributed by atoms with Crippen molar-refractivity contribution in [3.63, 3.8) is 0 Å². The Balaban J connectivity index is 2.11. The van der Waals surface area contributed by atoms with Gasteiger partial charge in [0.1, 0.15) is 0 Å². The van der Waals surface area contributed by atoms with Crippen LogP contribution in [0.1, 0.15) is 23.8 Å². The molecule has 6 nitrogen and oxygen atoms in total. The third-order valence-corrected chi connectivity index (χ3v) is 4.07. The van der Waals surface area contributed by atoms with E-state index >= 15 is 0 Å². The summed E-state index contributed by atoms with van der Waals surface area (Å²) >= 11 is 0. The van der Waals surface area contributed by atoms with E-state index in [4.69, 9.17) is 0 Å². The SMILES string of the molecule is CC(O)C1CCN(c2c(C(=O)O)nnc3ccccc23)C1. The fourth-order valence-electron chi connectivity index (χ4n) is 2.89. The largest absolute Gasteiger partial charge is 0.476 e. The molecule has 1 aliphatic rings. The number of carbonyl (C=O) groups is 1. The van der Waals surface area contributed by atoms with E-state index < -0.39 is 12.1 Å². The zero-order valence-corrected chi connectivity index (χ0v) is 11.7. The molecule has 6 heteroatoms. The summed E-state index contributed by atoms with van der Waals surface area (Å²) in [5.74, 6) is -0.928. The van der Waals surface area contributed by atoms with Crippen LogP contribution < -0.4 is 4.90 Å². The number of carboxylic acid groups (broad SMARTS) is 1. The molecule has 1 saturated heterocycles. The number of aromatic carboxylic acids is 1. The first-order valence-corrected chi connectivity index (χ1v) is 6.99. The van der Waals surface area contributed by atoms with E-state index in [9.17, 15) is 15.0 Å². The number of nitrogens with zero attached hydrogens (tertiary/aromatic N) is 3. The molecule has 0 aliphatic carbocycles. The molecule has 2 unspecified atom stereocenters. The number of aromatic nitrogens is 2. The van der Waals surface area contributed by atoms with Gasteiger partial charge in [0.25, 0.3) is 0 Å². The molecule has 21 heavy (non-hydrogen) atoms. The Bertz CT molecular complexity index is 687. The average Bonchev–Trinajstić information content (AvgIpc) is 2.95. The van der Waals surface area contributed by atoms with Crippen molar-refractivity contribution in [2.75, 3.05) is 18.0 Å². The van der Waals surface area contributed by atoms with Gasteiger partial charge in [-0.15, -0.1) is 10.2 Å². The maximum Gasteiger partial charge on any atom is 0.358 e. The van der Waals surface area contributed by atoms with Gasteiger partial charge < -0.3 is 15.1 Å². The van der Waals surface area contributed by atoms with Crippen molar-refractivity contribution in [3.8, 4) is 0 Å². The molecule has 2 aromatic rings. The van der Waals surface area contributed by atoms with Gasteiger partial charge in [-0.05, 0) is 19.4 Å². The Morgan fingerprint density at radius 3 is 2.81 bits per heavy atom. The van der Waals surface area contributed by atoms with Gasteiger partial charge in [-0.25, -0.2) is 4.79 Å². The molecule has 0 bridgehead atoms. The highest BCUT2D eigenvalue weighted by atomic mass is 16.4. The standard InChI is InChI=1S/C15H17N3O3/c1-9(19)10-6-7-18(8-10)14-11-4-2-3-5-12(11)16-17-13(14)15(20)21/h2-5,9-10,19H,6-8H2,1H3,(H,20,21).